The van der Waals surface area contributed by atoms with Crippen molar-refractivity contribution in [3.8, 4) is 5.75 Å². The van der Waals surface area contributed by atoms with Gasteiger partial charge in [0.1, 0.15) is 11.8 Å². The summed E-state index contributed by atoms with van der Waals surface area (Å²) in [5, 5.41) is 15.0. The molecule has 174 valence electrons. The number of allylic oxidation sites excluding steroid dienone is 1. The van der Waals surface area contributed by atoms with Gasteiger partial charge < -0.3 is 25.4 Å². The summed E-state index contributed by atoms with van der Waals surface area (Å²) in [5.74, 6) is -1.56. The molecule has 0 unspecified atom stereocenters. The van der Waals surface area contributed by atoms with Crippen LogP contribution in [0.15, 0.2) is 36.4 Å². The molecule has 1 aliphatic carbocycles. The maximum absolute atomic E-state index is 13.5. The van der Waals surface area contributed by atoms with E-state index in [2.05, 4.69) is 17.6 Å². The van der Waals surface area contributed by atoms with Crippen LogP contribution >= 0.6 is 0 Å². The van der Waals surface area contributed by atoms with Crippen LogP contribution in [0.5, 0.6) is 5.75 Å². The summed E-state index contributed by atoms with van der Waals surface area (Å²) < 4.78 is 5.16. The summed E-state index contributed by atoms with van der Waals surface area (Å²) in [6.07, 6.45) is 6.00. The van der Waals surface area contributed by atoms with Crippen molar-refractivity contribution in [3.05, 3.63) is 36.4 Å². The van der Waals surface area contributed by atoms with E-state index < -0.39 is 23.8 Å². The fraction of sp³-hybridized carbons (Fsp3) is 0.542. The number of nitrogens with one attached hydrogen (secondary N) is 2. The molecule has 3 rings (SSSR count). The Morgan fingerprint density at radius 1 is 1.16 bits per heavy atom. The lowest BCUT2D eigenvalue weighted by Crippen LogP contribution is -2.45. The summed E-state index contributed by atoms with van der Waals surface area (Å²) in [6, 6.07) is 6.24. The Kier molecular flexibility index (Phi) is 7.90. The number of benzene rings is 1. The lowest BCUT2D eigenvalue weighted by atomic mass is 9.68. The van der Waals surface area contributed by atoms with E-state index in [4.69, 9.17) is 4.74 Å². The van der Waals surface area contributed by atoms with Crippen LogP contribution < -0.4 is 15.4 Å². The van der Waals surface area contributed by atoms with Crippen molar-refractivity contribution in [2.75, 3.05) is 32.6 Å². The van der Waals surface area contributed by atoms with Crippen molar-refractivity contribution in [1.29, 1.82) is 0 Å². The molecule has 3 N–H and O–H groups in total. The van der Waals surface area contributed by atoms with E-state index in [-0.39, 0.29) is 36.8 Å². The van der Waals surface area contributed by atoms with Crippen molar-refractivity contribution < 1.29 is 24.2 Å². The van der Waals surface area contributed by atoms with E-state index in [1.54, 1.807) is 43.3 Å². The van der Waals surface area contributed by atoms with Crippen molar-refractivity contribution in [1.82, 2.24) is 10.2 Å². The average Bonchev–Trinajstić information content (AvgIpc) is 3.09. The second-order valence-electron chi connectivity index (χ2n) is 8.35. The summed E-state index contributed by atoms with van der Waals surface area (Å²) in [4.78, 5) is 41.2. The molecule has 3 amide bonds. The molecule has 0 saturated carbocycles. The number of ether oxygens (including phenoxy) is 1. The monoisotopic (exact) mass is 443 g/mol. The molecule has 8 nitrogen and oxygen atoms in total. The number of aliphatic hydroxyl groups is 1. The molecule has 8 heteroatoms. The van der Waals surface area contributed by atoms with Crippen LogP contribution in [-0.4, -0.2) is 61.1 Å². The molecule has 5 atom stereocenters. The maximum atomic E-state index is 13.5. The third kappa shape index (κ3) is 4.65. The van der Waals surface area contributed by atoms with Gasteiger partial charge in [-0.1, -0.05) is 25.5 Å². The number of aliphatic hydroxyl groups excluding tert-OH is 1. The van der Waals surface area contributed by atoms with E-state index in [1.165, 1.54) is 0 Å². The fourth-order valence-corrected chi connectivity index (χ4v) is 5.00. The number of methoxy groups -OCH3 is 1. The number of nitrogens with zero attached hydrogens (tertiary/aromatic N) is 1. The van der Waals surface area contributed by atoms with E-state index in [0.717, 1.165) is 12.8 Å². The highest BCUT2D eigenvalue weighted by atomic mass is 16.5. The molecule has 1 aromatic rings. The van der Waals surface area contributed by atoms with E-state index >= 15 is 0 Å². The van der Waals surface area contributed by atoms with Gasteiger partial charge in [-0.3, -0.25) is 14.4 Å². The summed E-state index contributed by atoms with van der Waals surface area (Å²) >= 11 is 0. The van der Waals surface area contributed by atoms with Crippen LogP contribution in [-0.2, 0) is 14.4 Å². The zero-order valence-corrected chi connectivity index (χ0v) is 18.9. The maximum Gasteiger partial charge on any atom is 0.247 e. The predicted molar refractivity (Wildman–Crippen MR) is 121 cm³/mol. The predicted octanol–water partition coefficient (Wildman–Crippen LogP) is 1.81. The summed E-state index contributed by atoms with van der Waals surface area (Å²) in [6.45, 7) is 2.23. The number of likely N-dealkylation sites (tertiary alicyclic amines) is 1. The van der Waals surface area contributed by atoms with Gasteiger partial charge in [0, 0.05) is 31.8 Å². The summed E-state index contributed by atoms with van der Waals surface area (Å²) in [5.41, 5.74) is 0.598. The Bertz CT molecular complexity index is 854. The van der Waals surface area contributed by atoms with Crippen molar-refractivity contribution in [3.63, 3.8) is 0 Å². The van der Waals surface area contributed by atoms with E-state index in [9.17, 15) is 19.5 Å². The highest BCUT2D eigenvalue weighted by Gasteiger charge is 2.56. The number of anilines is 1. The van der Waals surface area contributed by atoms with Gasteiger partial charge in [-0.05, 0) is 43.0 Å². The SMILES string of the molecule is CCC[C@@H]1C=C[C@H]2[C@@H](C(=O)N(CCCO)[C@@H]2C(=O)Nc2ccc(OC)cc2)[C@@H]1C(=O)NC. The first kappa shape index (κ1) is 23.8. The first-order valence-corrected chi connectivity index (χ1v) is 11.2. The highest BCUT2D eigenvalue weighted by molar-refractivity contribution is 6.01. The molecular formula is C24H33N3O5. The quantitative estimate of drug-likeness (QED) is 0.505. The Hall–Kier alpha value is -2.87. The lowest BCUT2D eigenvalue weighted by Gasteiger charge is -2.34. The normalized spacial score (nSPS) is 26.6. The van der Waals surface area contributed by atoms with Gasteiger partial charge in [0.05, 0.1) is 18.9 Å². The lowest BCUT2D eigenvalue weighted by molar-refractivity contribution is -0.140. The van der Waals surface area contributed by atoms with Crippen LogP contribution in [0.1, 0.15) is 26.2 Å². The van der Waals surface area contributed by atoms with E-state index in [0.29, 0.717) is 17.9 Å². The fourth-order valence-electron chi connectivity index (χ4n) is 5.00. The minimum Gasteiger partial charge on any atom is -0.497 e. The number of carbonyl (C=O) groups excluding carboxylic acids is 3. The minimum absolute atomic E-state index is 0.0479. The third-order valence-corrected chi connectivity index (χ3v) is 6.47. The van der Waals surface area contributed by atoms with Crippen molar-refractivity contribution >= 4 is 23.4 Å². The van der Waals surface area contributed by atoms with Crippen molar-refractivity contribution in [2.45, 2.75) is 32.2 Å². The van der Waals surface area contributed by atoms with Crippen LogP contribution in [0.2, 0.25) is 0 Å². The average molecular weight is 444 g/mol. The highest BCUT2D eigenvalue weighted by Crippen LogP contribution is 2.45. The van der Waals surface area contributed by atoms with Gasteiger partial charge in [0.25, 0.3) is 0 Å². The first-order chi connectivity index (χ1) is 15.5. The molecule has 2 aliphatic rings. The molecular weight excluding hydrogens is 410 g/mol. The smallest absolute Gasteiger partial charge is 0.247 e. The van der Waals surface area contributed by atoms with Crippen LogP contribution in [0.25, 0.3) is 0 Å². The van der Waals surface area contributed by atoms with Gasteiger partial charge in [0.15, 0.2) is 0 Å². The van der Waals surface area contributed by atoms with Crippen LogP contribution in [0, 0.1) is 23.7 Å². The van der Waals surface area contributed by atoms with Gasteiger partial charge in [-0.25, -0.2) is 0 Å². The first-order valence-electron chi connectivity index (χ1n) is 11.2. The molecule has 1 saturated heterocycles. The molecule has 1 aliphatic heterocycles. The minimum atomic E-state index is -0.743. The number of carbonyl (C=O) groups is 3. The second kappa shape index (κ2) is 10.6. The third-order valence-electron chi connectivity index (χ3n) is 6.47. The van der Waals surface area contributed by atoms with E-state index in [1.807, 2.05) is 12.2 Å². The molecule has 1 heterocycles. The van der Waals surface area contributed by atoms with Gasteiger partial charge >= 0.3 is 0 Å². The number of rotatable bonds is 9. The largest absolute Gasteiger partial charge is 0.497 e. The Labute approximate surface area is 189 Å². The molecule has 1 fully saturated rings. The molecule has 1 aromatic carbocycles. The molecule has 0 radical (unpaired) electrons. The number of fused-ring (bicyclic) bond motifs is 1. The van der Waals surface area contributed by atoms with Crippen molar-refractivity contribution in [2.24, 2.45) is 23.7 Å². The number of hydrogen-bond donors (Lipinski definition) is 3. The van der Waals surface area contributed by atoms with Gasteiger partial charge in [-0.15, -0.1) is 0 Å². The molecule has 32 heavy (non-hydrogen) atoms. The summed E-state index contributed by atoms with van der Waals surface area (Å²) in [7, 11) is 3.15. The Morgan fingerprint density at radius 3 is 2.47 bits per heavy atom. The zero-order chi connectivity index (χ0) is 23.3. The molecule has 0 spiro atoms. The molecule has 0 aromatic heterocycles. The van der Waals surface area contributed by atoms with Crippen LogP contribution in [0.3, 0.4) is 0 Å². The Morgan fingerprint density at radius 2 is 1.88 bits per heavy atom. The second-order valence-corrected chi connectivity index (χ2v) is 8.35. The Balaban J connectivity index is 1.93. The van der Waals surface area contributed by atoms with Crippen LogP contribution in [0.4, 0.5) is 5.69 Å². The zero-order valence-electron chi connectivity index (χ0n) is 18.9. The molecule has 0 bridgehead atoms. The van der Waals surface area contributed by atoms with Gasteiger partial charge in [0.2, 0.25) is 17.7 Å². The number of amides is 3. The topological polar surface area (TPSA) is 108 Å². The van der Waals surface area contributed by atoms with Gasteiger partial charge in [-0.2, -0.15) is 0 Å². The standard InChI is InChI=1S/C24H33N3O5/c1-4-6-15-7-12-18-20(19(15)22(29)25-2)24(31)27(13-5-14-28)21(18)23(30)26-16-8-10-17(32-3)11-9-16/h7-12,15,18-21,28H,4-6,13-14H2,1-3H3,(H,25,29)(H,26,30)/t15-,18+,19-,20-,21+/m1/s1. The number of hydrogen-bond acceptors (Lipinski definition) is 5.